The molecule has 1 atom stereocenters. The number of carbonyl (C=O) groups is 1. The van der Waals surface area contributed by atoms with Gasteiger partial charge in [0, 0.05) is 18.8 Å². The first kappa shape index (κ1) is 14.7. The van der Waals surface area contributed by atoms with Gasteiger partial charge in [-0.25, -0.2) is 10.8 Å². The van der Waals surface area contributed by atoms with Crippen molar-refractivity contribution in [3.63, 3.8) is 0 Å². The number of amides is 1. The van der Waals surface area contributed by atoms with E-state index in [1.165, 1.54) is 25.5 Å². The largest absolute Gasteiger partial charge is 0.350 e. The predicted octanol–water partition coefficient (Wildman–Crippen LogP) is 0.971. The van der Waals surface area contributed by atoms with E-state index in [0.717, 1.165) is 13.1 Å². The fourth-order valence-electron chi connectivity index (χ4n) is 2.44. The highest BCUT2D eigenvalue weighted by atomic mass is 16.1. The summed E-state index contributed by atoms with van der Waals surface area (Å²) in [5, 5.41) is 2.96. The zero-order valence-corrected chi connectivity index (χ0v) is 11.9. The Bertz CT molecular complexity index is 428. The van der Waals surface area contributed by atoms with Crippen molar-refractivity contribution in [1.82, 2.24) is 15.2 Å². The number of rotatable bonds is 5. The third-order valence-corrected chi connectivity index (χ3v) is 3.75. The standard InChI is InChI=1S/C14H23N5O/c1-11(19-7-3-2-4-8-19)9-17-14(20)12-5-6-13(18-15)16-10-12/h5-6,10-11H,2-4,7-9,15H2,1H3,(H,16,18)(H,17,20). The van der Waals surface area contributed by atoms with Crippen molar-refractivity contribution in [1.29, 1.82) is 0 Å². The monoisotopic (exact) mass is 277 g/mol. The summed E-state index contributed by atoms with van der Waals surface area (Å²) >= 11 is 0. The number of hydrogen-bond donors (Lipinski definition) is 3. The van der Waals surface area contributed by atoms with Crippen molar-refractivity contribution < 1.29 is 4.79 Å². The quantitative estimate of drug-likeness (QED) is 0.552. The number of nitrogens with zero attached hydrogens (tertiary/aromatic N) is 2. The molecular formula is C14H23N5O. The molecule has 1 unspecified atom stereocenters. The molecule has 1 amide bonds. The number of nitrogens with one attached hydrogen (secondary N) is 2. The van der Waals surface area contributed by atoms with Crippen LogP contribution in [0, 0.1) is 0 Å². The molecule has 0 aliphatic carbocycles. The zero-order valence-electron chi connectivity index (χ0n) is 11.9. The smallest absolute Gasteiger partial charge is 0.252 e. The summed E-state index contributed by atoms with van der Waals surface area (Å²) in [6.45, 7) is 5.09. The highest BCUT2D eigenvalue weighted by molar-refractivity contribution is 5.94. The average molecular weight is 277 g/mol. The maximum atomic E-state index is 12.0. The number of hydrazine groups is 1. The minimum Gasteiger partial charge on any atom is -0.350 e. The van der Waals surface area contributed by atoms with Crippen LogP contribution in [0.2, 0.25) is 0 Å². The number of piperidine rings is 1. The van der Waals surface area contributed by atoms with E-state index in [2.05, 4.69) is 27.6 Å². The number of carbonyl (C=O) groups excluding carboxylic acids is 1. The molecule has 1 aromatic heterocycles. The van der Waals surface area contributed by atoms with Crippen molar-refractivity contribution in [3.8, 4) is 0 Å². The van der Waals surface area contributed by atoms with Crippen LogP contribution in [0.3, 0.4) is 0 Å². The van der Waals surface area contributed by atoms with Crippen LogP contribution in [-0.2, 0) is 0 Å². The van der Waals surface area contributed by atoms with Gasteiger partial charge in [-0.15, -0.1) is 0 Å². The van der Waals surface area contributed by atoms with Gasteiger partial charge in [-0.05, 0) is 45.0 Å². The summed E-state index contributed by atoms with van der Waals surface area (Å²) < 4.78 is 0. The summed E-state index contributed by atoms with van der Waals surface area (Å²) in [6, 6.07) is 3.77. The van der Waals surface area contributed by atoms with E-state index < -0.39 is 0 Å². The Kier molecular flexibility index (Phi) is 5.31. The van der Waals surface area contributed by atoms with Crippen LogP contribution in [0.25, 0.3) is 0 Å². The SMILES string of the molecule is CC(CNC(=O)c1ccc(NN)nc1)N1CCCCC1. The second kappa shape index (κ2) is 7.21. The van der Waals surface area contributed by atoms with Gasteiger partial charge in [0.15, 0.2) is 0 Å². The van der Waals surface area contributed by atoms with Crippen LogP contribution in [0.4, 0.5) is 5.82 Å². The van der Waals surface area contributed by atoms with Crippen LogP contribution in [0.1, 0.15) is 36.5 Å². The second-order valence-corrected chi connectivity index (χ2v) is 5.23. The number of likely N-dealkylation sites (tertiary alicyclic amines) is 1. The van der Waals surface area contributed by atoms with Crippen molar-refractivity contribution >= 4 is 11.7 Å². The maximum absolute atomic E-state index is 12.0. The Morgan fingerprint density at radius 2 is 2.15 bits per heavy atom. The summed E-state index contributed by atoms with van der Waals surface area (Å²) in [4.78, 5) is 18.5. The van der Waals surface area contributed by atoms with Crippen molar-refractivity contribution in [3.05, 3.63) is 23.9 Å². The van der Waals surface area contributed by atoms with Crippen LogP contribution in [-0.4, -0.2) is 41.5 Å². The topological polar surface area (TPSA) is 83.3 Å². The number of nitrogen functional groups attached to an aromatic ring is 1. The molecule has 20 heavy (non-hydrogen) atoms. The average Bonchev–Trinajstić information content (AvgIpc) is 2.53. The first-order chi connectivity index (χ1) is 9.70. The Hall–Kier alpha value is -1.66. The summed E-state index contributed by atoms with van der Waals surface area (Å²) in [7, 11) is 0. The van der Waals surface area contributed by atoms with Crippen molar-refractivity contribution in [2.75, 3.05) is 25.1 Å². The molecule has 1 saturated heterocycles. The number of nitrogens with two attached hydrogens (primary N) is 1. The Balaban J connectivity index is 1.81. The number of anilines is 1. The molecule has 1 fully saturated rings. The van der Waals surface area contributed by atoms with Crippen molar-refractivity contribution in [2.24, 2.45) is 5.84 Å². The lowest BCUT2D eigenvalue weighted by atomic mass is 10.1. The third-order valence-electron chi connectivity index (χ3n) is 3.75. The fraction of sp³-hybridized carbons (Fsp3) is 0.571. The van der Waals surface area contributed by atoms with E-state index in [9.17, 15) is 4.79 Å². The minimum atomic E-state index is -0.0927. The molecule has 6 nitrogen and oxygen atoms in total. The van der Waals surface area contributed by atoms with Gasteiger partial charge in [0.25, 0.3) is 5.91 Å². The molecule has 2 heterocycles. The van der Waals surface area contributed by atoms with Gasteiger partial charge in [-0.2, -0.15) is 0 Å². The van der Waals surface area contributed by atoms with Crippen LogP contribution >= 0.6 is 0 Å². The predicted molar refractivity (Wildman–Crippen MR) is 79.3 cm³/mol. The molecule has 0 saturated carbocycles. The van der Waals surface area contributed by atoms with E-state index >= 15 is 0 Å². The van der Waals surface area contributed by atoms with Gasteiger partial charge in [-0.3, -0.25) is 9.69 Å². The molecular weight excluding hydrogens is 254 g/mol. The van der Waals surface area contributed by atoms with Gasteiger partial charge in [0.1, 0.15) is 5.82 Å². The van der Waals surface area contributed by atoms with E-state index in [1.807, 2.05) is 0 Å². The zero-order chi connectivity index (χ0) is 14.4. The molecule has 0 spiro atoms. The lowest BCUT2D eigenvalue weighted by Crippen LogP contribution is -2.44. The molecule has 0 radical (unpaired) electrons. The molecule has 0 aromatic carbocycles. The summed E-state index contributed by atoms with van der Waals surface area (Å²) in [5.74, 6) is 5.69. The highest BCUT2D eigenvalue weighted by Gasteiger charge is 2.17. The molecule has 110 valence electrons. The van der Waals surface area contributed by atoms with E-state index in [-0.39, 0.29) is 5.91 Å². The van der Waals surface area contributed by atoms with Crippen LogP contribution < -0.4 is 16.6 Å². The van der Waals surface area contributed by atoms with Gasteiger partial charge >= 0.3 is 0 Å². The Labute approximate surface area is 119 Å². The molecule has 1 aromatic rings. The van der Waals surface area contributed by atoms with Crippen LogP contribution in [0.5, 0.6) is 0 Å². The second-order valence-electron chi connectivity index (χ2n) is 5.23. The maximum Gasteiger partial charge on any atom is 0.252 e. The third kappa shape index (κ3) is 3.91. The summed E-state index contributed by atoms with van der Waals surface area (Å²) in [5.41, 5.74) is 2.99. The molecule has 1 aliphatic heterocycles. The van der Waals surface area contributed by atoms with E-state index in [1.54, 1.807) is 12.1 Å². The fourth-order valence-corrected chi connectivity index (χ4v) is 2.44. The Morgan fingerprint density at radius 1 is 1.40 bits per heavy atom. The lowest BCUT2D eigenvalue weighted by molar-refractivity contribution is 0.0929. The highest BCUT2D eigenvalue weighted by Crippen LogP contribution is 2.11. The van der Waals surface area contributed by atoms with Gasteiger partial charge < -0.3 is 10.7 Å². The molecule has 1 aliphatic rings. The normalized spacial score (nSPS) is 17.5. The van der Waals surface area contributed by atoms with Gasteiger partial charge in [0.05, 0.1) is 5.56 Å². The number of pyridine rings is 1. The van der Waals surface area contributed by atoms with Gasteiger partial charge in [-0.1, -0.05) is 6.42 Å². The first-order valence-electron chi connectivity index (χ1n) is 7.15. The van der Waals surface area contributed by atoms with E-state index in [0.29, 0.717) is 24.0 Å². The molecule has 6 heteroatoms. The summed E-state index contributed by atoms with van der Waals surface area (Å²) in [6.07, 6.45) is 5.37. The Morgan fingerprint density at radius 3 is 2.75 bits per heavy atom. The molecule has 0 bridgehead atoms. The number of hydrogen-bond acceptors (Lipinski definition) is 5. The lowest BCUT2D eigenvalue weighted by Gasteiger charge is -2.32. The number of aromatic nitrogens is 1. The van der Waals surface area contributed by atoms with Crippen molar-refractivity contribution in [2.45, 2.75) is 32.2 Å². The first-order valence-corrected chi connectivity index (χ1v) is 7.15. The molecule has 2 rings (SSSR count). The molecule has 4 N–H and O–H groups in total. The van der Waals surface area contributed by atoms with E-state index in [4.69, 9.17) is 5.84 Å². The van der Waals surface area contributed by atoms with Crippen LogP contribution in [0.15, 0.2) is 18.3 Å². The van der Waals surface area contributed by atoms with Gasteiger partial charge in [0.2, 0.25) is 0 Å². The minimum absolute atomic E-state index is 0.0927.